The molecule has 0 fully saturated rings. The van der Waals surface area contributed by atoms with Crippen LogP contribution < -0.4 is 0 Å². The number of amides is 1. The molecule has 0 aliphatic rings. The molecular weight excluding hydrogens is 206 g/mol. The fourth-order valence-corrected chi connectivity index (χ4v) is 0.767. The maximum atomic E-state index is 12.5. The standard InChI is InChI=1S/C7H11F4NO2/c1-4(2)12(6(13)14)3-7(10,11)5(8)9/h4-5H,3H2,1-2H3,(H,13,14). The Kier molecular flexibility index (Phi) is 4.15. The molecule has 14 heavy (non-hydrogen) atoms. The first-order valence-corrected chi connectivity index (χ1v) is 3.84. The highest BCUT2D eigenvalue weighted by Gasteiger charge is 2.43. The van der Waals surface area contributed by atoms with Crippen LogP contribution in [0, 0.1) is 0 Å². The second kappa shape index (κ2) is 4.47. The van der Waals surface area contributed by atoms with Gasteiger partial charge in [0, 0.05) is 6.04 Å². The Bertz CT molecular complexity index is 208. The van der Waals surface area contributed by atoms with E-state index in [4.69, 9.17) is 5.11 Å². The lowest BCUT2D eigenvalue weighted by molar-refractivity contribution is -0.141. The van der Waals surface area contributed by atoms with Crippen LogP contribution in [-0.4, -0.2) is 41.0 Å². The van der Waals surface area contributed by atoms with E-state index >= 15 is 0 Å². The van der Waals surface area contributed by atoms with Gasteiger partial charge in [-0.3, -0.25) is 4.90 Å². The van der Waals surface area contributed by atoms with Crippen LogP contribution in [0.15, 0.2) is 0 Å². The molecule has 0 aromatic heterocycles. The summed E-state index contributed by atoms with van der Waals surface area (Å²) in [4.78, 5) is 10.7. The number of carbonyl (C=O) groups is 1. The number of rotatable bonds is 4. The van der Waals surface area contributed by atoms with Gasteiger partial charge in [0.25, 0.3) is 0 Å². The summed E-state index contributed by atoms with van der Waals surface area (Å²) in [6.07, 6.45) is -5.50. The Morgan fingerprint density at radius 1 is 1.43 bits per heavy atom. The summed E-state index contributed by atoms with van der Waals surface area (Å²) in [5, 5.41) is 8.44. The molecule has 0 heterocycles. The Morgan fingerprint density at radius 3 is 2.07 bits per heavy atom. The van der Waals surface area contributed by atoms with Crippen molar-refractivity contribution in [2.45, 2.75) is 32.2 Å². The smallest absolute Gasteiger partial charge is 0.407 e. The fourth-order valence-electron chi connectivity index (χ4n) is 0.767. The van der Waals surface area contributed by atoms with E-state index in [1.807, 2.05) is 0 Å². The molecule has 0 aliphatic carbocycles. The van der Waals surface area contributed by atoms with Gasteiger partial charge in [-0.25, -0.2) is 13.6 Å². The third-order valence-corrected chi connectivity index (χ3v) is 1.57. The van der Waals surface area contributed by atoms with Gasteiger partial charge in [-0.05, 0) is 13.8 Å². The van der Waals surface area contributed by atoms with Crippen molar-refractivity contribution < 1.29 is 27.5 Å². The van der Waals surface area contributed by atoms with E-state index in [0.29, 0.717) is 0 Å². The third-order valence-electron chi connectivity index (χ3n) is 1.57. The number of hydrogen-bond donors (Lipinski definition) is 1. The molecule has 7 heteroatoms. The Morgan fingerprint density at radius 2 is 1.86 bits per heavy atom. The Hall–Kier alpha value is -1.01. The largest absolute Gasteiger partial charge is 0.465 e. The first-order chi connectivity index (χ1) is 6.18. The fraction of sp³-hybridized carbons (Fsp3) is 0.857. The van der Waals surface area contributed by atoms with Crippen LogP contribution in [0.2, 0.25) is 0 Å². The summed E-state index contributed by atoms with van der Waals surface area (Å²) in [7, 11) is 0. The van der Waals surface area contributed by atoms with E-state index < -0.39 is 31.0 Å². The molecule has 1 amide bonds. The molecule has 1 N–H and O–H groups in total. The minimum atomic E-state index is -4.30. The summed E-state index contributed by atoms with van der Waals surface area (Å²) < 4.78 is 48.4. The minimum Gasteiger partial charge on any atom is -0.465 e. The second-order valence-electron chi connectivity index (χ2n) is 3.07. The predicted molar refractivity (Wildman–Crippen MR) is 40.8 cm³/mol. The molecule has 84 valence electrons. The van der Waals surface area contributed by atoms with Crippen molar-refractivity contribution in [1.29, 1.82) is 0 Å². The first-order valence-electron chi connectivity index (χ1n) is 3.84. The molecule has 0 spiro atoms. The van der Waals surface area contributed by atoms with Crippen molar-refractivity contribution in [1.82, 2.24) is 4.90 Å². The lowest BCUT2D eigenvalue weighted by Crippen LogP contribution is -2.47. The van der Waals surface area contributed by atoms with E-state index in [2.05, 4.69) is 0 Å². The van der Waals surface area contributed by atoms with Gasteiger partial charge in [0.1, 0.15) is 0 Å². The van der Waals surface area contributed by atoms with Crippen LogP contribution in [0.25, 0.3) is 0 Å². The van der Waals surface area contributed by atoms with Gasteiger partial charge in [-0.1, -0.05) is 0 Å². The Labute approximate surface area is 78.3 Å². The monoisotopic (exact) mass is 217 g/mol. The summed E-state index contributed by atoms with van der Waals surface area (Å²) in [5.74, 6) is -4.30. The summed E-state index contributed by atoms with van der Waals surface area (Å²) in [6, 6.07) is -0.767. The molecule has 0 atom stereocenters. The highest BCUT2D eigenvalue weighted by Crippen LogP contribution is 2.24. The molecule has 0 radical (unpaired) electrons. The normalized spacial score (nSPS) is 12.3. The van der Waals surface area contributed by atoms with Gasteiger partial charge in [-0.2, -0.15) is 8.78 Å². The third kappa shape index (κ3) is 3.39. The molecule has 0 rings (SSSR count). The lowest BCUT2D eigenvalue weighted by Gasteiger charge is -2.27. The van der Waals surface area contributed by atoms with Gasteiger partial charge in [-0.15, -0.1) is 0 Å². The molecule has 0 saturated heterocycles. The van der Waals surface area contributed by atoms with Crippen LogP contribution in [0.3, 0.4) is 0 Å². The zero-order valence-corrected chi connectivity index (χ0v) is 7.68. The zero-order chi connectivity index (χ0) is 11.5. The quantitative estimate of drug-likeness (QED) is 0.734. The minimum absolute atomic E-state index is 0.270. The van der Waals surface area contributed by atoms with Crippen LogP contribution in [-0.2, 0) is 0 Å². The number of hydrogen-bond acceptors (Lipinski definition) is 1. The van der Waals surface area contributed by atoms with Crippen LogP contribution in [0.5, 0.6) is 0 Å². The maximum absolute atomic E-state index is 12.5. The van der Waals surface area contributed by atoms with E-state index in [1.165, 1.54) is 13.8 Å². The molecule has 0 saturated carbocycles. The lowest BCUT2D eigenvalue weighted by atomic mass is 10.2. The van der Waals surface area contributed by atoms with E-state index in [1.54, 1.807) is 0 Å². The van der Waals surface area contributed by atoms with Crippen molar-refractivity contribution in [3.63, 3.8) is 0 Å². The average Bonchev–Trinajstić information content (AvgIpc) is 1.98. The predicted octanol–water partition coefficient (Wildman–Crippen LogP) is 2.28. The second-order valence-corrected chi connectivity index (χ2v) is 3.07. The van der Waals surface area contributed by atoms with E-state index in [-0.39, 0.29) is 4.90 Å². The summed E-state index contributed by atoms with van der Waals surface area (Å²) in [6.45, 7) is 1.17. The number of nitrogens with zero attached hydrogens (tertiary/aromatic N) is 1. The van der Waals surface area contributed by atoms with E-state index in [0.717, 1.165) is 0 Å². The van der Waals surface area contributed by atoms with Crippen molar-refractivity contribution in [2.75, 3.05) is 6.54 Å². The molecule has 0 unspecified atom stereocenters. The molecular formula is C7H11F4NO2. The van der Waals surface area contributed by atoms with Gasteiger partial charge in [0.05, 0.1) is 6.54 Å². The highest BCUT2D eigenvalue weighted by atomic mass is 19.3. The van der Waals surface area contributed by atoms with Gasteiger partial charge in [0.2, 0.25) is 0 Å². The van der Waals surface area contributed by atoms with E-state index in [9.17, 15) is 22.4 Å². The van der Waals surface area contributed by atoms with Gasteiger partial charge in [0.15, 0.2) is 0 Å². The molecule has 0 aromatic rings. The zero-order valence-electron chi connectivity index (χ0n) is 7.68. The molecule has 0 aromatic carbocycles. The molecule has 0 aliphatic heterocycles. The highest BCUT2D eigenvalue weighted by molar-refractivity contribution is 5.65. The molecule has 0 bridgehead atoms. The van der Waals surface area contributed by atoms with Crippen molar-refractivity contribution in [3.8, 4) is 0 Å². The summed E-state index contributed by atoms with van der Waals surface area (Å²) >= 11 is 0. The van der Waals surface area contributed by atoms with Crippen molar-refractivity contribution >= 4 is 6.09 Å². The number of halogens is 4. The van der Waals surface area contributed by atoms with Crippen molar-refractivity contribution in [3.05, 3.63) is 0 Å². The maximum Gasteiger partial charge on any atom is 0.407 e. The first kappa shape index (κ1) is 13.0. The number of carboxylic acid groups (broad SMARTS) is 1. The summed E-state index contributed by atoms with van der Waals surface area (Å²) in [5.41, 5.74) is 0. The average molecular weight is 217 g/mol. The molecule has 3 nitrogen and oxygen atoms in total. The van der Waals surface area contributed by atoms with Crippen LogP contribution in [0.4, 0.5) is 22.4 Å². The SMILES string of the molecule is CC(C)N(CC(F)(F)C(F)F)C(=O)O. The topological polar surface area (TPSA) is 40.5 Å². The van der Waals surface area contributed by atoms with Gasteiger partial charge < -0.3 is 5.11 Å². The van der Waals surface area contributed by atoms with Crippen molar-refractivity contribution in [2.24, 2.45) is 0 Å². The van der Waals surface area contributed by atoms with Gasteiger partial charge >= 0.3 is 18.4 Å². The number of alkyl halides is 4. The van der Waals surface area contributed by atoms with Crippen LogP contribution >= 0.6 is 0 Å². The van der Waals surface area contributed by atoms with Crippen LogP contribution in [0.1, 0.15) is 13.8 Å². The Balaban J connectivity index is 4.52.